The van der Waals surface area contributed by atoms with Crippen LogP contribution in [0.2, 0.25) is 0 Å². The van der Waals surface area contributed by atoms with E-state index in [1.807, 2.05) is 44.4 Å². The number of hydrogen-bond donors (Lipinski definition) is 1. The minimum Gasteiger partial charge on any atom is -0.481 e. The van der Waals surface area contributed by atoms with E-state index >= 15 is 0 Å². The van der Waals surface area contributed by atoms with Gasteiger partial charge in [0.2, 0.25) is 0 Å². The standard InChI is InChI=1S/C15H18N2O2S/c1-9-5-6-13(10(2)7-9)19-12(4)14(18)17-15-16-11(3)8-20-15/h5-8,12H,1-4H3,(H,16,17,18)/t12-/m1/s1. The summed E-state index contributed by atoms with van der Waals surface area (Å²) in [6, 6.07) is 5.89. The highest BCUT2D eigenvalue weighted by Gasteiger charge is 2.17. The summed E-state index contributed by atoms with van der Waals surface area (Å²) >= 11 is 1.41. The average molecular weight is 290 g/mol. The summed E-state index contributed by atoms with van der Waals surface area (Å²) in [5, 5.41) is 5.25. The number of amides is 1. The molecule has 1 atom stereocenters. The van der Waals surface area contributed by atoms with E-state index in [0.29, 0.717) is 5.13 Å². The van der Waals surface area contributed by atoms with E-state index in [0.717, 1.165) is 17.0 Å². The third-order valence-electron chi connectivity index (χ3n) is 2.85. The van der Waals surface area contributed by atoms with E-state index in [4.69, 9.17) is 4.74 Å². The molecular weight excluding hydrogens is 272 g/mol. The first-order valence-corrected chi connectivity index (χ1v) is 7.30. The normalized spacial score (nSPS) is 12.0. The van der Waals surface area contributed by atoms with E-state index in [1.165, 1.54) is 16.9 Å². The Morgan fingerprint density at radius 3 is 2.70 bits per heavy atom. The summed E-state index contributed by atoms with van der Waals surface area (Å²) in [6.07, 6.45) is -0.569. The first-order chi connectivity index (χ1) is 9.45. The van der Waals surface area contributed by atoms with E-state index in [2.05, 4.69) is 10.3 Å². The lowest BCUT2D eigenvalue weighted by Gasteiger charge is -2.15. The molecule has 0 unspecified atom stereocenters. The van der Waals surface area contributed by atoms with Gasteiger partial charge in [0.1, 0.15) is 5.75 Å². The van der Waals surface area contributed by atoms with E-state index < -0.39 is 6.10 Å². The van der Waals surface area contributed by atoms with E-state index in [9.17, 15) is 4.79 Å². The number of aromatic nitrogens is 1. The molecule has 1 heterocycles. The Bertz CT molecular complexity index is 622. The number of aryl methyl sites for hydroxylation is 3. The highest BCUT2D eigenvalue weighted by Crippen LogP contribution is 2.21. The van der Waals surface area contributed by atoms with Gasteiger partial charge in [0, 0.05) is 5.38 Å². The van der Waals surface area contributed by atoms with Crippen molar-refractivity contribution < 1.29 is 9.53 Å². The number of carbonyl (C=O) groups excluding carboxylic acids is 1. The van der Waals surface area contributed by atoms with Gasteiger partial charge in [0.15, 0.2) is 11.2 Å². The van der Waals surface area contributed by atoms with Crippen molar-refractivity contribution in [3.05, 3.63) is 40.4 Å². The second kappa shape index (κ2) is 6.05. The summed E-state index contributed by atoms with van der Waals surface area (Å²) in [4.78, 5) is 16.2. The summed E-state index contributed by atoms with van der Waals surface area (Å²) in [6.45, 7) is 7.62. The SMILES string of the molecule is Cc1ccc(O[C@H](C)C(=O)Nc2nc(C)cs2)c(C)c1. The summed E-state index contributed by atoms with van der Waals surface area (Å²) in [7, 11) is 0. The largest absolute Gasteiger partial charge is 0.481 e. The molecule has 4 nitrogen and oxygen atoms in total. The second-order valence-corrected chi connectivity index (χ2v) is 5.67. The Kier molecular flexibility index (Phi) is 4.39. The average Bonchev–Trinajstić information content (AvgIpc) is 2.78. The molecular formula is C15H18N2O2S. The van der Waals surface area contributed by atoms with Crippen LogP contribution in [-0.2, 0) is 4.79 Å². The van der Waals surface area contributed by atoms with E-state index in [-0.39, 0.29) is 5.91 Å². The smallest absolute Gasteiger partial charge is 0.266 e. The molecule has 0 fully saturated rings. The number of hydrogen-bond acceptors (Lipinski definition) is 4. The third-order valence-corrected chi connectivity index (χ3v) is 3.73. The number of nitrogens with one attached hydrogen (secondary N) is 1. The lowest BCUT2D eigenvalue weighted by Crippen LogP contribution is -2.30. The maximum Gasteiger partial charge on any atom is 0.266 e. The van der Waals surface area contributed by atoms with Crippen molar-refractivity contribution in [2.24, 2.45) is 0 Å². The first kappa shape index (κ1) is 14.5. The minimum absolute atomic E-state index is 0.195. The van der Waals surface area contributed by atoms with Gasteiger partial charge < -0.3 is 4.74 Å². The minimum atomic E-state index is -0.569. The molecule has 0 saturated heterocycles. The van der Waals surface area contributed by atoms with Crippen molar-refractivity contribution in [3.8, 4) is 5.75 Å². The Hall–Kier alpha value is -1.88. The molecule has 0 bridgehead atoms. The van der Waals surface area contributed by atoms with Crippen LogP contribution in [0, 0.1) is 20.8 Å². The fourth-order valence-electron chi connectivity index (χ4n) is 1.79. The van der Waals surface area contributed by atoms with Gasteiger partial charge in [0.05, 0.1) is 5.69 Å². The predicted octanol–water partition coefficient (Wildman–Crippen LogP) is 3.47. The summed E-state index contributed by atoms with van der Waals surface area (Å²) < 4.78 is 5.71. The molecule has 5 heteroatoms. The molecule has 1 amide bonds. The van der Waals surface area contributed by atoms with Gasteiger partial charge in [-0.3, -0.25) is 10.1 Å². The van der Waals surface area contributed by atoms with Gasteiger partial charge >= 0.3 is 0 Å². The van der Waals surface area contributed by atoms with Crippen molar-refractivity contribution in [1.29, 1.82) is 0 Å². The second-order valence-electron chi connectivity index (χ2n) is 4.81. The molecule has 0 aliphatic carbocycles. The fourth-order valence-corrected chi connectivity index (χ4v) is 2.49. The van der Waals surface area contributed by atoms with Gasteiger partial charge in [-0.25, -0.2) is 4.98 Å². The molecule has 0 aliphatic heterocycles. The van der Waals surface area contributed by atoms with Crippen molar-refractivity contribution >= 4 is 22.4 Å². The number of ether oxygens (including phenoxy) is 1. The van der Waals surface area contributed by atoms with Crippen LogP contribution >= 0.6 is 11.3 Å². The van der Waals surface area contributed by atoms with Crippen LogP contribution in [0.1, 0.15) is 23.7 Å². The molecule has 0 radical (unpaired) electrons. The van der Waals surface area contributed by atoms with Crippen LogP contribution in [0.25, 0.3) is 0 Å². The van der Waals surface area contributed by atoms with Crippen LogP contribution in [0.15, 0.2) is 23.6 Å². The molecule has 0 spiro atoms. The number of carbonyl (C=O) groups is 1. The number of benzene rings is 1. The Morgan fingerprint density at radius 1 is 1.35 bits per heavy atom. The molecule has 2 rings (SSSR count). The van der Waals surface area contributed by atoms with Crippen molar-refractivity contribution in [1.82, 2.24) is 4.98 Å². The quantitative estimate of drug-likeness (QED) is 0.938. The molecule has 1 N–H and O–H groups in total. The van der Waals surface area contributed by atoms with Crippen LogP contribution < -0.4 is 10.1 Å². The van der Waals surface area contributed by atoms with Gasteiger partial charge in [-0.05, 0) is 39.3 Å². The lowest BCUT2D eigenvalue weighted by molar-refractivity contribution is -0.122. The van der Waals surface area contributed by atoms with Crippen LogP contribution in [-0.4, -0.2) is 17.0 Å². The van der Waals surface area contributed by atoms with Gasteiger partial charge in [-0.1, -0.05) is 17.7 Å². The maximum atomic E-state index is 12.0. The maximum absolute atomic E-state index is 12.0. The lowest BCUT2D eigenvalue weighted by atomic mass is 10.1. The number of nitrogens with zero attached hydrogens (tertiary/aromatic N) is 1. The fraction of sp³-hybridized carbons (Fsp3) is 0.333. The number of anilines is 1. The zero-order chi connectivity index (χ0) is 14.7. The first-order valence-electron chi connectivity index (χ1n) is 6.42. The molecule has 0 saturated carbocycles. The summed E-state index contributed by atoms with van der Waals surface area (Å²) in [5.41, 5.74) is 3.09. The van der Waals surface area contributed by atoms with Gasteiger partial charge in [-0.15, -0.1) is 11.3 Å². The molecule has 20 heavy (non-hydrogen) atoms. The third kappa shape index (κ3) is 3.57. The van der Waals surface area contributed by atoms with Gasteiger partial charge in [-0.2, -0.15) is 0 Å². The zero-order valence-corrected chi connectivity index (χ0v) is 12.9. The summed E-state index contributed by atoms with van der Waals surface area (Å²) in [5.74, 6) is 0.535. The molecule has 1 aromatic carbocycles. The van der Waals surface area contributed by atoms with Crippen molar-refractivity contribution in [2.75, 3.05) is 5.32 Å². The molecule has 106 valence electrons. The molecule has 2 aromatic rings. The highest BCUT2D eigenvalue weighted by atomic mass is 32.1. The predicted molar refractivity (Wildman–Crippen MR) is 81.5 cm³/mol. The van der Waals surface area contributed by atoms with E-state index in [1.54, 1.807) is 6.92 Å². The van der Waals surface area contributed by atoms with Crippen LogP contribution in [0.5, 0.6) is 5.75 Å². The number of thiazole rings is 1. The molecule has 0 aliphatic rings. The zero-order valence-electron chi connectivity index (χ0n) is 12.1. The Morgan fingerprint density at radius 2 is 2.10 bits per heavy atom. The van der Waals surface area contributed by atoms with Crippen LogP contribution in [0.4, 0.5) is 5.13 Å². The topological polar surface area (TPSA) is 51.2 Å². The van der Waals surface area contributed by atoms with Crippen LogP contribution in [0.3, 0.4) is 0 Å². The highest BCUT2D eigenvalue weighted by molar-refractivity contribution is 7.13. The monoisotopic (exact) mass is 290 g/mol. The van der Waals surface area contributed by atoms with Crippen molar-refractivity contribution in [2.45, 2.75) is 33.8 Å². The Balaban J connectivity index is 2.00. The molecule has 1 aromatic heterocycles. The van der Waals surface area contributed by atoms with Crippen molar-refractivity contribution in [3.63, 3.8) is 0 Å². The Labute approximate surface area is 122 Å². The number of rotatable bonds is 4. The van der Waals surface area contributed by atoms with Gasteiger partial charge in [0.25, 0.3) is 5.91 Å².